The molecule has 1 aromatic carbocycles. The van der Waals surface area contributed by atoms with Crippen LogP contribution in [0.1, 0.15) is 42.6 Å². The number of hydrogen-bond acceptors (Lipinski definition) is 5. The van der Waals surface area contributed by atoms with Gasteiger partial charge in [0.05, 0.1) is 18.5 Å². The van der Waals surface area contributed by atoms with Gasteiger partial charge in [-0.25, -0.2) is 4.98 Å². The van der Waals surface area contributed by atoms with Crippen molar-refractivity contribution in [2.45, 2.75) is 27.3 Å². The molecule has 2 amide bonds. The zero-order valence-electron chi connectivity index (χ0n) is 16.9. The van der Waals surface area contributed by atoms with Crippen molar-refractivity contribution in [2.24, 2.45) is 0 Å². The number of pyridine rings is 1. The van der Waals surface area contributed by atoms with Crippen LogP contribution in [0.15, 0.2) is 53.1 Å². The third kappa shape index (κ3) is 3.97. The molecular weight excluding hydrogens is 398 g/mol. The van der Waals surface area contributed by atoms with Crippen molar-refractivity contribution < 1.29 is 14.0 Å². The number of anilines is 1. The minimum atomic E-state index is -0.286. The van der Waals surface area contributed by atoms with Crippen LogP contribution in [-0.2, 0) is 6.54 Å². The second kappa shape index (κ2) is 8.12. The van der Waals surface area contributed by atoms with Crippen LogP contribution < -0.4 is 10.6 Å². The highest BCUT2D eigenvalue weighted by molar-refractivity contribution is 7.21. The van der Waals surface area contributed by atoms with Gasteiger partial charge in [0.1, 0.15) is 15.5 Å². The summed E-state index contributed by atoms with van der Waals surface area (Å²) >= 11 is 1.27. The molecule has 0 aliphatic rings. The highest BCUT2D eigenvalue weighted by Crippen LogP contribution is 2.37. The Labute approximate surface area is 177 Å². The fourth-order valence-electron chi connectivity index (χ4n) is 3.27. The van der Waals surface area contributed by atoms with E-state index in [1.165, 1.54) is 11.3 Å². The molecule has 2 N–H and O–H groups in total. The minimum Gasteiger partial charge on any atom is -0.467 e. The van der Waals surface area contributed by atoms with Gasteiger partial charge in [0.15, 0.2) is 0 Å². The van der Waals surface area contributed by atoms with Crippen molar-refractivity contribution in [1.82, 2.24) is 10.3 Å². The lowest BCUT2D eigenvalue weighted by molar-refractivity contribution is 0.0953. The lowest BCUT2D eigenvalue weighted by Gasteiger charge is -2.09. The zero-order valence-corrected chi connectivity index (χ0v) is 17.7. The Morgan fingerprint density at radius 1 is 1.07 bits per heavy atom. The molecule has 0 aliphatic carbocycles. The molecule has 0 saturated heterocycles. The minimum absolute atomic E-state index is 0.261. The maximum atomic E-state index is 13.0. The van der Waals surface area contributed by atoms with Crippen molar-refractivity contribution in [2.75, 3.05) is 5.32 Å². The number of nitrogens with zero attached hydrogens (tertiary/aromatic N) is 1. The molecule has 4 aromatic rings. The molecule has 3 heterocycles. The quantitative estimate of drug-likeness (QED) is 0.477. The average Bonchev–Trinajstić information content (AvgIpc) is 3.34. The Hall–Kier alpha value is -3.45. The number of furan rings is 1. The van der Waals surface area contributed by atoms with Crippen molar-refractivity contribution in [3.05, 3.63) is 81.7 Å². The monoisotopic (exact) mass is 419 g/mol. The number of aryl methyl sites for hydroxylation is 3. The Kier molecular flexibility index (Phi) is 5.37. The van der Waals surface area contributed by atoms with E-state index in [-0.39, 0.29) is 18.4 Å². The van der Waals surface area contributed by atoms with Gasteiger partial charge in [-0.3, -0.25) is 9.59 Å². The summed E-state index contributed by atoms with van der Waals surface area (Å²) in [6, 6.07) is 12.8. The van der Waals surface area contributed by atoms with E-state index in [1.807, 2.05) is 39.0 Å². The molecule has 0 radical (unpaired) electrons. The van der Waals surface area contributed by atoms with Gasteiger partial charge in [-0.1, -0.05) is 17.7 Å². The van der Waals surface area contributed by atoms with E-state index in [1.54, 1.807) is 30.5 Å². The van der Waals surface area contributed by atoms with Crippen LogP contribution in [0.4, 0.5) is 5.69 Å². The number of amides is 2. The first kappa shape index (κ1) is 19.8. The number of aromatic nitrogens is 1. The average molecular weight is 420 g/mol. The third-order valence-electron chi connectivity index (χ3n) is 4.75. The summed E-state index contributed by atoms with van der Waals surface area (Å²) in [7, 11) is 0. The van der Waals surface area contributed by atoms with Crippen molar-refractivity contribution in [1.29, 1.82) is 0 Å². The van der Waals surface area contributed by atoms with Crippen molar-refractivity contribution >= 4 is 39.1 Å². The number of hydrogen-bond donors (Lipinski definition) is 2. The fraction of sp³-hybridized carbons (Fsp3) is 0.174. The smallest absolute Gasteiger partial charge is 0.263 e. The standard InChI is InChI=1S/C23H21N3O3S/c1-13-6-8-16(9-7-13)21(27)26-19-18-14(2)11-15(3)25-23(18)30-20(19)22(28)24-12-17-5-4-10-29-17/h4-11H,12H2,1-3H3,(H,24,28)(H,26,27). The number of rotatable bonds is 5. The molecule has 6 nitrogen and oxygen atoms in total. The van der Waals surface area contributed by atoms with Gasteiger partial charge in [0.2, 0.25) is 0 Å². The molecule has 0 aliphatic heterocycles. The van der Waals surface area contributed by atoms with Crippen LogP contribution in [-0.4, -0.2) is 16.8 Å². The summed E-state index contributed by atoms with van der Waals surface area (Å²) in [5, 5.41) is 6.59. The Morgan fingerprint density at radius 2 is 1.83 bits per heavy atom. The molecule has 30 heavy (non-hydrogen) atoms. The lowest BCUT2D eigenvalue weighted by Crippen LogP contribution is -2.23. The zero-order chi connectivity index (χ0) is 21.3. The van der Waals surface area contributed by atoms with E-state index in [9.17, 15) is 9.59 Å². The topological polar surface area (TPSA) is 84.2 Å². The Bertz CT molecular complexity index is 1230. The molecule has 7 heteroatoms. The molecule has 0 saturated carbocycles. The maximum absolute atomic E-state index is 13.0. The van der Waals surface area contributed by atoms with Gasteiger partial charge in [0, 0.05) is 16.6 Å². The van der Waals surface area contributed by atoms with Crippen LogP contribution in [0.2, 0.25) is 0 Å². The largest absolute Gasteiger partial charge is 0.467 e. The summed E-state index contributed by atoms with van der Waals surface area (Å²) in [5.74, 6) is 0.0975. The molecule has 3 aromatic heterocycles. The van der Waals surface area contributed by atoms with Crippen LogP contribution in [0, 0.1) is 20.8 Å². The number of thiophene rings is 1. The number of nitrogens with one attached hydrogen (secondary N) is 2. The van der Waals surface area contributed by atoms with Gasteiger partial charge in [0.25, 0.3) is 11.8 Å². The number of fused-ring (bicyclic) bond motifs is 1. The SMILES string of the molecule is Cc1ccc(C(=O)Nc2c(C(=O)NCc3ccco3)sc3nc(C)cc(C)c23)cc1. The van der Waals surface area contributed by atoms with Gasteiger partial charge in [-0.15, -0.1) is 11.3 Å². The molecule has 152 valence electrons. The number of benzene rings is 1. The van der Waals surface area contributed by atoms with Gasteiger partial charge < -0.3 is 15.1 Å². The van der Waals surface area contributed by atoms with Crippen LogP contribution in [0.5, 0.6) is 0 Å². The molecule has 0 unspecified atom stereocenters. The summed E-state index contributed by atoms with van der Waals surface area (Å²) in [6.45, 7) is 6.09. The van der Waals surface area contributed by atoms with E-state index in [4.69, 9.17) is 4.42 Å². The molecule has 0 bridgehead atoms. The molecular formula is C23H21N3O3S. The molecule has 0 atom stereocenters. The third-order valence-corrected chi connectivity index (χ3v) is 5.83. The van der Waals surface area contributed by atoms with Crippen molar-refractivity contribution in [3.63, 3.8) is 0 Å². The summed E-state index contributed by atoms with van der Waals surface area (Å²) in [6.07, 6.45) is 1.56. The van der Waals surface area contributed by atoms with Crippen LogP contribution in [0.3, 0.4) is 0 Å². The lowest BCUT2D eigenvalue weighted by atomic mass is 10.1. The van der Waals surface area contributed by atoms with Crippen LogP contribution >= 0.6 is 11.3 Å². The van der Waals surface area contributed by atoms with Crippen LogP contribution in [0.25, 0.3) is 10.2 Å². The molecule has 0 fully saturated rings. The van der Waals surface area contributed by atoms with E-state index in [2.05, 4.69) is 15.6 Å². The van der Waals surface area contributed by atoms with Gasteiger partial charge >= 0.3 is 0 Å². The summed E-state index contributed by atoms with van der Waals surface area (Å²) in [4.78, 5) is 31.6. The number of carbonyl (C=O) groups is 2. The first-order valence-corrected chi connectivity index (χ1v) is 10.3. The predicted molar refractivity (Wildman–Crippen MR) is 118 cm³/mol. The second-order valence-electron chi connectivity index (χ2n) is 7.15. The van der Waals surface area contributed by atoms with Crippen molar-refractivity contribution in [3.8, 4) is 0 Å². The highest BCUT2D eigenvalue weighted by Gasteiger charge is 2.23. The fourth-order valence-corrected chi connectivity index (χ4v) is 4.44. The second-order valence-corrected chi connectivity index (χ2v) is 8.15. The maximum Gasteiger partial charge on any atom is 0.263 e. The first-order chi connectivity index (χ1) is 14.4. The van der Waals surface area contributed by atoms with E-state index in [0.29, 0.717) is 21.9 Å². The van der Waals surface area contributed by atoms with Gasteiger partial charge in [-0.05, 0) is 56.7 Å². The summed E-state index contributed by atoms with van der Waals surface area (Å²) in [5.41, 5.74) is 3.90. The highest BCUT2D eigenvalue weighted by atomic mass is 32.1. The summed E-state index contributed by atoms with van der Waals surface area (Å²) < 4.78 is 5.28. The normalized spacial score (nSPS) is 10.9. The Balaban J connectivity index is 1.71. The van der Waals surface area contributed by atoms with E-state index in [0.717, 1.165) is 27.0 Å². The predicted octanol–water partition coefficient (Wildman–Crippen LogP) is 5.00. The Morgan fingerprint density at radius 3 is 2.53 bits per heavy atom. The van der Waals surface area contributed by atoms with E-state index < -0.39 is 0 Å². The first-order valence-electron chi connectivity index (χ1n) is 9.51. The number of carbonyl (C=O) groups excluding carboxylic acids is 2. The molecule has 0 spiro atoms. The molecule has 4 rings (SSSR count). The van der Waals surface area contributed by atoms with Gasteiger partial charge in [-0.2, -0.15) is 0 Å². The van der Waals surface area contributed by atoms with E-state index >= 15 is 0 Å².